The Bertz CT molecular complexity index is 1580. The van der Waals surface area contributed by atoms with Crippen molar-refractivity contribution < 1.29 is 19.1 Å². The number of anilines is 1. The van der Waals surface area contributed by atoms with Crippen LogP contribution in [0.5, 0.6) is 0 Å². The number of aromatic amines is 1. The average Bonchev–Trinajstić information content (AvgIpc) is 3.36. The van der Waals surface area contributed by atoms with Crippen LogP contribution in [-0.2, 0) is 19.1 Å². The van der Waals surface area contributed by atoms with Crippen LogP contribution in [-0.4, -0.2) is 43.8 Å². The van der Waals surface area contributed by atoms with Gasteiger partial charge in [-0.1, -0.05) is 66.7 Å². The van der Waals surface area contributed by atoms with Crippen molar-refractivity contribution in [1.82, 2.24) is 14.9 Å². The number of amides is 2. The summed E-state index contributed by atoms with van der Waals surface area (Å²) < 4.78 is 6.11. The predicted molar refractivity (Wildman–Crippen MR) is 150 cm³/mol. The zero-order chi connectivity index (χ0) is 27.1. The maximum atomic E-state index is 13.7. The second-order valence-electron chi connectivity index (χ2n) is 9.63. The minimum atomic E-state index is -0.608. The van der Waals surface area contributed by atoms with Crippen molar-refractivity contribution in [2.24, 2.45) is 0 Å². The number of rotatable bonds is 6. The molecule has 0 bridgehead atoms. The molecule has 2 aliphatic rings. The summed E-state index contributed by atoms with van der Waals surface area (Å²) in [6, 6.07) is 24.6. The minimum Gasteiger partial charge on any atom is -0.448 e. The van der Waals surface area contributed by atoms with Gasteiger partial charge in [-0.15, -0.1) is 11.8 Å². The van der Waals surface area contributed by atoms with E-state index in [1.165, 1.54) is 6.92 Å². The van der Waals surface area contributed by atoms with Crippen molar-refractivity contribution in [3.8, 4) is 0 Å². The van der Waals surface area contributed by atoms with Gasteiger partial charge in [0.05, 0.1) is 11.2 Å². The number of nitrogens with one attached hydrogen (secondary N) is 2. The number of fused-ring (bicyclic) bond motifs is 2. The lowest BCUT2D eigenvalue weighted by Gasteiger charge is -2.49. The third kappa shape index (κ3) is 4.48. The Kier molecular flexibility index (Phi) is 6.44. The lowest BCUT2D eigenvalue weighted by Crippen LogP contribution is -2.60. The number of aromatic nitrogens is 2. The number of esters is 1. The summed E-state index contributed by atoms with van der Waals surface area (Å²) in [7, 11) is 0. The Balaban J connectivity index is 1.28. The molecular weight excluding hydrogens is 512 g/mol. The predicted octanol–water partition coefficient (Wildman–Crippen LogP) is 5.13. The van der Waals surface area contributed by atoms with E-state index in [1.54, 1.807) is 22.7 Å². The van der Waals surface area contributed by atoms with Gasteiger partial charge >= 0.3 is 5.97 Å². The van der Waals surface area contributed by atoms with Gasteiger partial charge in [0.25, 0.3) is 0 Å². The molecule has 0 saturated carbocycles. The quantitative estimate of drug-likeness (QED) is 0.261. The molecule has 2 N–H and O–H groups in total. The highest BCUT2D eigenvalue weighted by atomic mass is 32.2. The highest BCUT2D eigenvalue weighted by Crippen LogP contribution is 2.48. The molecule has 2 amide bonds. The monoisotopic (exact) mass is 538 g/mol. The lowest BCUT2D eigenvalue weighted by atomic mass is 9.94. The first-order valence-electron chi connectivity index (χ1n) is 12.6. The smallest absolute Gasteiger partial charge is 0.356 e. The third-order valence-electron chi connectivity index (χ3n) is 6.92. The van der Waals surface area contributed by atoms with E-state index in [-0.39, 0.29) is 17.2 Å². The summed E-state index contributed by atoms with van der Waals surface area (Å²) in [5, 5.41) is 2.49. The normalized spacial score (nSPS) is 18.6. The molecule has 1 fully saturated rings. The largest absolute Gasteiger partial charge is 0.448 e. The topological polar surface area (TPSA) is 104 Å². The van der Waals surface area contributed by atoms with Gasteiger partial charge in [-0.25, -0.2) is 9.78 Å². The third-order valence-corrected chi connectivity index (χ3v) is 8.34. The van der Waals surface area contributed by atoms with Crippen LogP contribution in [0.3, 0.4) is 0 Å². The molecule has 39 heavy (non-hydrogen) atoms. The van der Waals surface area contributed by atoms with Crippen molar-refractivity contribution in [2.75, 3.05) is 11.1 Å². The van der Waals surface area contributed by atoms with Gasteiger partial charge in [0, 0.05) is 12.7 Å². The molecule has 0 aliphatic carbocycles. The van der Waals surface area contributed by atoms with E-state index >= 15 is 0 Å². The second-order valence-corrected chi connectivity index (χ2v) is 10.7. The molecule has 2 aliphatic heterocycles. The number of ether oxygens (including phenoxy) is 1. The van der Waals surface area contributed by atoms with Gasteiger partial charge in [-0.05, 0) is 35.8 Å². The molecule has 1 unspecified atom stereocenters. The Labute approximate surface area is 229 Å². The number of benzene rings is 3. The van der Waals surface area contributed by atoms with E-state index in [2.05, 4.69) is 15.3 Å². The first-order valence-corrected chi connectivity index (χ1v) is 13.7. The van der Waals surface area contributed by atoms with Crippen LogP contribution < -0.4 is 5.32 Å². The summed E-state index contributed by atoms with van der Waals surface area (Å²) in [5.41, 5.74) is 4.69. The van der Waals surface area contributed by atoms with Crippen LogP contribution in [0.1, 0.15) is 42.8 Å². The Hall–Kier alpha value is -4.37. The number of carbonyl (C=O) groups is 3. The van der Waals surface area contributed by atoms with Crippen LogP contribution in [0, 0.1) is 0 Å². The molecule has 9 heteroatoms. The van der Waals surface area contributed by atoms with Crippen LogP contribution in [0.25, 0.3) is 11.0 Å². The van der Waals surface area contributed by atoms with Gasteiger partial charge in [0.2, 0.25) is 11.8 Å². The number of hydrogen-bond acceptors (Lipinski definition) is 6. The minimum absolute atomic E-state index is 0.200. The van der Waals surface area contributed by atoms with Crippen LogP contribution >= 0.6 is 11.8 Å². The maximum absolute atomic E-state index is 13.7. The summed E-state index contributed by atoms with van der Waals surface area (Å²) in [6.45, 7) is 3.30. The number of H-pyrrole nitrogens is 1. The number of para-hydroxylation sites is 1. The van der Waals surface area contributed by atoms with Gasteiger partial charge < -0.3 is 15.0 Å². The second kappa shape index (κ2) is 10.1. The number of thioether (sulfide) groups is 1. The summed E-state index contributed by atoms with van der Waals surface area (Å²) in [6.07, 6.45) is -0.608. The molecule has 1 aromatic heterocycles. The Morgan fingerprint density at radius 1 is 1.03 bits per heavy atom. The molecule has 3 heterocycles. The number of carbonyl (C=O) groups excluding carboxylic acids is 3. The van der Waals surface area contributed by atoms with Crippen LogP contribution in [0.4, 0.5) is 5.69 Å². The molecule has 0 radical (unpaired) electrons. The molecule has 2 atom stereocenters. The standard InChI is InChI=1S/C30H26N4O4S/c1-17-16-39-29-23(27-32-22-15-9-14-21(24(22)33-27)31-18(2)35)28(36)34(29)25(17)30(37)38-26(19-10-5-3-6-11-19)20-12-7-4-8-13-20/h3-15,23,26,29H,16H2,1-2H3,(H,31,35)(H,32,33)/t23?,29-/m1/s1. The molecule has 4 aromatic rings. The molecule has 0 spiro atoms. The highest BCUT2D eigenvalue weighted by Gasteiger charge is 2.55. The number of nitrogens with zero attached hydrogens (tertiary/aromatic N) is 2. The first-order chi connectivity index (χ1) is 18.9. The van der Waals surface area contributed by atoms with Crippen molar-refractivity contribution in [1.29, 1.82) is 0 Å². The van der Waals surface area contributed by atoms with Crippen LogP contribution in [0.2, 0.25) is 0 Å². The van der Waals surface area contributed by atoms with Crippen molar-refractivity contribution in [3.63, 3.8) is 0 Å². The van der Waals surface area contributed by atoms with E-state index in [9.17, 15) is 14.4 Å². The van der Waals surface area contributed by atoms with Crippen molar-refractivity contribution >= 4 is 46.3 Å². The Morgan fingerprint density at radius 3 is 2.33 bits per heavy atom. The van der Waals surface area contributed by atoms with Gasteiger partial charge in [0.15, 0.2) is 6.10 Å². The number of hydrogen-bond donors (Lipinski definition) is 2. The molecule has 1 saturated heterocycles. The van der Waals surface area contributed by atoms with E-state index in [1.807, 2.05) is 79.7 Å². The Morgan fingerprint density at radius 2 is 1.69 bits per heavy atom. The zero-order valence-corrected chi connectivity index (χ0v) is 22.2. The number of imidazole rings is 1. The van der Waals surface area contributed by atoms with E-state index < -0.39 is 18.0 Å². The summed E-state index contributed by atoms with van der Waals surface area (Å²) in [5.74, 6) is -0.375. The van der Waals surface area contributed by atoms with Gasteiger partial charge in [-0.3, -0.25) is 14.5 Å². The first kappa shape index (κ1) is 24.9. The van der Waals surface area contributed by atoms with Crippen molar-refractivity contribution in [3.05, 3.63) is 107 Å². The fourth-order valence-electron chi connectivity index (χ4n) is 5.12. The lowest BCUT2D eigenvalue weighted by molar-refractivity contribution is -0.153. The fourth-order valence-corrected chi connectivity index (χ4v) is 6.47. The number of β-lactam (4-membered cyclic amide) rings is 1. The fraction of sp³-hybridized carbons (Fsp3) is 0.200. The average molecular weight is 539 g/mol. The molecular formula is C30H26N4O4S. The van der Waals surface area contributed by atoms with Crippen LogP contribution in [0.15, 0.2) is 90.1 Å². The van der Waals surface area contributed by atoms with Gasteiger partial charge in [0.1, 0.15) is 28.3 Å². The van der Waals surface area contributed by atoms with Gasteiger partial charge in [-0.2, -0.15) is 0 Å². The molecule has 8 nitrogen and oxygen atoms in total. The molecule has 3 aromatic carbocycles. The summed E-state index contributed by atoms with van der Waals surface area (Å²) >= 11 is 1.60. The molecule has 6 rings (SSSR count). The van der Waals surface area contributed by atoms with E-state index in [0.717, 1.165) is 22.2 Å². The molecule has 196 valence electrons. The highest BCUT2D eigenvalue weighted by molar-refractivity contribution is 8.00. The van der Waals surface area contributed by atoms with E-state index in [0.29, 0.717) is 28.5 Å². The van der Waals surface area contributed by atoms with E-state index in [4.69, 9.17) is 4.74 Å². The summed E-state index contributed by atoms with van der Waals surface area (Å²) in [4.78, 5) is 48.4. The maximum Gasteiger partial charge on any atom is 0.356 e. The van der Waals surface area contributed by atoms with Crippen molar-refractivity contribution in [2.45, 2.75) is 31.2 Å². The SMILES string of the molecule is CC(=O)Nc1cccc2[nH]c(C3C(=O)N4C(C(=O)OC(c5ccccc5)c5ccccc5)=C(C)CS[C@H]34)nc12. The zero-order valence-electron chi connectivity index (χ0n) is 21.4.